The molecule has 0 atom stereocenters. The third-order valence-corrected chi connectivity index (χ3v) is 5.94. The van der Waals surface area contributed by atoms with Crippen molar-refractivity contribution in [3.63, 3.8) is 0 Å². The SMILES string of the molecule is CCOP(=O)(COc1cc(-c2oc3cc(O)cc(O)c3c(=O)c2O)ccc1O)OCC. The number of phenols is 3. The summed E-state index contributed by atoms with van der Waals surface area (Å²) < 4.78 is 33.8. The minimum absolute atomic E-state index is 0.127. The molecule has 0 bridgehead atoms. The molecule has 0 saturated carbocycles. The third-order valence-electron chi connectivity index (χ3n) is 4.19. The molecule has 0 aliphatic heterocycles. The van der Waals surface area contributed by atoms with Crippen LogP contribution in [-0.4, -0.2) is 40.0 Å². The first-order valence-corrected chi connectivity index (χ1v) is 11.0. The summed E-state index contributed by atoms with van der Waals surface area (Å²) in [7, 11) is -3.56. The lowest BCUT2D eigenvalue weighted by Gasteiger charge is -2.18. The topological polar surface area (TPSA) is 156 Å². The van der Waals surface area contributed by atoms with Crippen LogP contribution in [-0.2, 0) is 13.6 Å². The Morgan fingerprint density at radius 2 is 1.65 bits per heavy atom. The molecule has 31 heavy (non-hydrogen) atoms. The monoisotopic (exact) mass is 452 g/mol. The fraction of sp³-hybridized carbons (Fsp3) is 0.250. The molecule has 2 aromatic carbocycles. The van der Waals surface area contributed by atoms with E-state index in [4.69, 9.17) is 18.2 Å². The number of fused-ring (bicyclic) bond motifs is 1. The largest absolute Gasteiger partial charge is 0.508 e. The highest BCUT2D eigenvalue weighted by Gasteiger charge is 2.26. The molecular weight excluding hydrogens is 431 g/mol. The van der Waals surface area contributed by atoms with Crippen LogP contribution in [0.3, 0.4) is 0 Å². The highest BCUT2D eigenvalue weighted by molar-refractivity contribution is 7.53. The number of hydrogen-bond acceptors (Lipinski definition) is 10. The van der Waals surface area contributed by atoms with E-state index in [-0.39, 0.29) is 52.8 Å². The molecule has 0 aliphatic carbocycles. The van der Waals surface area contributed by atoms with Crippen molar-refractivity contribution in [3.8, 4) is 40.1 Å². The van der Waals surface area contributed by atoms with Crippen LogP contribution in [0.2, 0.25) is 0 Å². The first-order valence-electron chi connectivity index (χ1n) is 9.25. The van der Waals surface area contributed by atoms with E-state index in [2.05, 4.69) is 0 Å². The predicted molar refractivity (Wildman–Crippen MR) is 111 cm³/mol. The minimum Gasteiger partial charge on any atom is -0.508 e. The van der Waals surface area contributed by atoms with Gasteiger partial charge in [-0.15, -0.1) is 0 Å². The molecule has 11 heteroatoms. The van der Waals surface area contributed by atoms with Gasteiger partial charge in [0.2, 0.25) is 11.2 Å². The highest BCUT2D eigenvalue weighted by Crippen LogP contribution is 2.49. The Bertz CT molecular complexity index is 1210. The number of rotatable bonds is 8. The van der Waals surface area contributed by atoms with E-state index in [0.29, 0.717) is 0 Å². The summed E-state index contributed by atoms with van der Waals surface area (Å²) in [4.78, 5) is 12.5. The number of aromatic hydroxyl groups is 4. The lowest BCUT2D eigenvalue weighted by molar-refractivity contribution is 0.195. The zero-order valence-corrected chi connectivity index (χ0v) is 17.6. The van der Waals surface area contributed by atoms with Gasteiger partial charge in [-0.25, -0.2) is 0 Å². The Hall–Kier alpha value is -3.20. The van der Waals surface area contributed by atoms with Gasteiger partial charge in [0.1, 0.15) is 22.5 Å². The summed E-state index contributed by atoms with van der Waals surface area (Å²) in [6.45, 7) is 3.54. The third kappa shape index (κ3) is 4.61. The molecule has 10 nitrogen and oxygen atoms in total. The second-order valence-electron chi connectivity index (χ2n) is 6.35. The summed E-state index contributed by atoms with van der Waals surface area (Å²) in [5.74, 6) is -2.41. The second-order valence-corrected chi connectivity index (χ2v) is 8.35. The maximum absolute atomic E-state index is 12.6. The highest BCUT2D eigenvalue weighted by atomic mass is 31.2. The summed E-state index contributed by atoms with van der Waals surface area (Å²) in [6, 6.07) is 5.88. The van der Waals surface area contributed by atoms with Gasteiger partial charge in [0, 0.05) is 17.7 Å². The Morgan fingerprint density at radius 1 is 0.968 bits per heavy atom. The van der Waals surface area contributed by atoms with Gasteiger partial charge in [-0.2, -0.15) is 0 Å². The van der Waals surface area contributed by atoms with E-state index >= 15 is 0 Å². The van der Waals surface area contributed by atoms with Gasteiger partial charge in [0.25, 0.3) is 0 Å². The van der Waals surface area contributed by atoms with Gasteiger partial charge in [0.15, 0.2) is 23.6 Å². The summed E-state index contributed by atoms with van der Waals surface area (Å²) in [6.07, 6.45) is -0.485. The molecule has 1 heterocycles. The zero-order chi connectivity index (χ0) is 22.8. The molecule has 0 amide bonds. The maximum Gasteiger partial charge on any atom is 0.367 e. The predicted octanol–water partition coefficient (Wildman–Crippen LogP) is 3.88. The van der Waals surface area contributed by atoms with Gasteiger partial charge < -0.3 is 38.6 Å². The molecule has 0 aliphatic rings. The first kappa shape index (κ1) is 22.5. The fourth-order valence-corrected chi connectivity index (χ4v) is 4.20. The Morgan fingerprint density at radius 3 is 2.29 bits per heavy atom. The van der Waals surface area contributed by atoms with Crippen molar-refractivity contribution in [3.05, 3.63) is 40.6 Å². The van der Waals surface area contributed by atoms with Crippen molar-refractivity contribution in [1.82, 2.24) is 0 Å². The van der Waals surface area contributed by atoms with Crippen LogP contribution in [0.15, 0.2) is 39.5 Å². The van der Waals surface area contributed by atoms with Crippen molar-refractivity contribution in [1.29, 1.82) is 0 Å². The molecule has 0 radical (unpaired) electrons. The quantitative estimate of drug-likeness (QED) is 0.370. The standard InChI is InChI=1S/C20H21O10P/c1-3-28-31(26,29-4-2)10-27-15-7-11(5-6-13(15)22)20-19(25)18(24)17-14(23)8-12(21)9-16(17)30-20/h5-9,21-23,25H,3-4,10H2,1-2H3. The Labute approximate surface area is 176 Å². The van der Waals surface area contributed by atoms with Crippen molar-refractivity contribution >= 4 is 18.6 Å². The lowest BCUT2D eigenvalue weighted by atomic mass is 10.1. The second kappa shape index (κ2) is 8.89. The zero-order valence-electron chi connectivity index (χ0n) is 16.7. The van der Waals surface area contributed by atoms with E-state index in [0.717, 1.165) is 12.1 Å². The molecular formula is C20H21O10P. The normalized spacial score (nSPS) is 11.7. The molecule has 3 aromatic rings. The molecule has 166 valence electrons. The summed E-state index contributed by atoms with van der Waals surface area (Å²) >= 11 is 0. The molecule has 0 saturated heterocycles. The molecule has 0 fully saturated rings. The average molecular weight is 452 g/mol. The van der Waals surface area contributed by atoms with Crippen LogP contribution in [0.5, 0.6) is 28.7 Å². The van der Waals surface area contributed by atoms with Crippen molar-refractivity contribution < 1.29 is 43.2 Å². The van der Waals surface area contributed by atoms with E-state index in [1.807, 2.05) is 0 Å². The van der Waals surface area contributed by atoms with E-state index < -0.39 is 30.9 Å². The van der Waals surface area contributed by atoms with Crippen LogP contribution in [0.4, 0.5) is 0 Å². The fourth-order valence-electron chi connectivity index (χ4n) is 2.90. The smallest absolute Gasteiger partial charge is 0.367 e. The Kier molecular flexibility index (Phi) is 6.45. The number of ether oxygens (including phenoxy) is 1. The van der Waals surface area contributed by atoms with Crippen LogP contribution in [0, 0.1) is 0 Å². The van der Waals surface area contributed by atoms with Crippen LogP contribution in [0.25, 0.3) is 22.3 Å². The van der Waals surface area contributed by atoms with Crippen LogP contribution >= 0.6 is 7.60 Å². The molecule has 0 unspecified atom stereocenters. The lowest BCUT2D eigenvalue weighted by Crippen LogP contribution is -2.06. The van der Waals surface area contributed by atoms with Gasteiger partial charge >= 0.3 is 7.60 Å². The number of hydrogen-bond donors (Lipinski definition) is 4. The number of phenolic OH excluding ortho intramolecular Hbond substituents is 3. The molecule has 0 spiro atoms. The van der Waals surface area contributed by atoms with Crippen LogP contribution < -0.4 is 10.2 Å². The Balaban J connectivity index is 2.03. The van der Waals surface area contributed by atoms with E-state index in [1.54, 1.807) is 13.8 Å². The van der Waals surface area contributed by atoms with Gasteiger partial charge in [-0.1, -0.05) is 0 Å². The molecule has 4 N–H and O–H groups in total. The molecule has 1 aromatic heterocycles. The van der Waals surface area contributed by atoms with Crippen LogP contribution in [0.1, 0.15) is 13.8 Å². The van der Waals surface area contributed by atoms with E-state index in [1.165, 1.54) is 18.2 Å². The van der Waals surface area contributed by atoms with Crippen molar-refractivity contribution in [2.24, 2.45) is 0 Å². The first-order chi connectivity index (χ1) is 14.7. The average Bonchev–Trinajstić information content (AvgIpc) is 2.70. The number of benzene rings is 2. The van der Waals surface area contributed by atoms with Gasteiger partial charge in [-0.3, -0.25) is 9.36 Å². The minimum atomic E-state index is -3.56. The maximum atomic E-state index is 12.6. The van der Waals surface area contributed by atoms with Gasteiger partial charge in [-0.05, 0) is 32.0 Å². The summed E-state index contributed by atoms with van der Waals surface area (Å²) in [5.41, 5.74) is -0.945. The molecule has 3 rings (SSSR count). The van der Waals surface area contributed by atoms with Gasteiger partial charge in [0.05, 0.1) is 13.2 Å². The van der Waals surface area contributed by atoms with E-state index in [9.17, 15) is 29.8 Å². The van der Waals surface area contributed by atoms with Crippen molar-refractivity contribution in [2.75, 3.05) is 19.6 Å². The summed E-state index contributed by atoms with van der Waals surface area (Å²) in [5, 5.41) is 39.7. The van der Waals surface area contributed by atoms with Crippen molar-refractivity contribution in [2.45, 2.75) is 13.8 Å².